The number of alkyl halides is 1. The second kappa shape index (κ2) is 7.65. The molecule has 2 nitrogen and oxygen atoms in total. The van der Waals surface area contributed by atoms with E-state index in [1.807, 2.05) is 19.1 Å². The number of benzene rings is 1. The molecule has 19 heavy (non-hydrogen) atoms. The molecule has 2 rings (SSSR count). The zero-order valence-electron chi connectivity index (χ0n) is 11.2. The van der Waals surface area contributed by atoms with Crippen LogP contribution >= 0.6 is 31.9 Å². The third kappa shape index (κ3) is 4.47. The van der Waals surface area contributed by atoms with Crippen LogP contribution in [0.1, 0.15) is 43.0 Å². The van der Waals surface area contributed by atoms with Crippen molar-refractivity contribution in [2.45, 2.75) is 43.5 Å². The van der Waals surface area contributed by atoms with E-state index in [9.17, 15) is 0 Å². The van der Waals surface area contributed by atoms with Crippen molar-refractivity contribution < 1.29 is 9.47 Å². The van der Waals surface area contributed by atoms with Crippen molar-refractivity contribution in [1.82, 2.24) is 0 Å². The number of rotatable bonds is 6. The highest BCUT2D eigenvalue weighted by molar-refractivity contribution is 9.10. The number of halogens is 2. The van der Waals surface area contributed by atoms with Gasteiger partial charge in [0.25, 0.3) is 0 Å². The van der Waals surface area contributed by atoms with Gasteiger partial charge >= 0.3 is 0 Å². The molecule has 0 spiro atoms. The summed E-state index contributed by atoms with van der Waals surface area (Å²) in [6, 6.07) is 6.19. The Hall–Kier alpha value is -0.0600. The number of hydrogen-bond acceptors (Lipinski definition) is 2. The van der Waals surface area contributed by atoms with Crippen LogP contribution in [0.4, 0.5) is 0 Å². The molecular formula is C15H20Br2O2. The van der Waals surface area contributed by atoms with Crippen molar-refractivity contribution in [2.24, 2.45) is 0 Å². The van der Waals surface area contributed by atoms with Gasteiger partial charge in [-0.15, -0.1) is 0 Å². The Bertz CT molecular complexity index is 403. The lowest BCUT2D eigenvalue weighted by Crippen LogP contribution is -2.06. The summed E-state index contributed by atoms with van der Waals surface area (Å²) in [6.07, 6.45) is 5.03. The van der Waals surface area contributed by atoms with E-state index >= 15 is 0 Å². The minimum atomic E-state index is 0.316. The summed E-state index contributed by atoms with van der Waals surface area (Å²) < 4.78 is 12.5. The molecule has 0 bridgehead atoms. The summed E-state index contributed by atoms with van der Waals surface area (Å²) in [5.41, 5.74) is 1.22. The zero-order valence-corrected chi connectivity index (χ0v) is 14.4. The van der Waals surface area contributed by atoms with Crippen molar-refractivity contribution in [3.05, 3.63) is 28.2 Å². The maximum absolute atomic E-state index is 5.70. The van der Waals surface area contributed by atoms with Crippen molar-refractivity contribution >= 4 is 31.9 Å². The van der Waals surface area contributed by atoms with Crippen LogP contribution in [-0.4, -0.2) is 19.3 Å². The van der Waals surface area contributed by atoms with E-state index in [2.05, 4.69) is 37.9 Å². The van der Waals surface area contributed by atoms with E-state index < -0.39 is 0 Å². The van der Waals surface area contributed by atoms with Crippen LogP contribution in [0, 0.1) is 0 Å². The summed E-state index contributed by atoms with van der Waals surface area (Å²) >= 11 is 7.32. The van der Waals surface area contributed by atoms with Crippen LogP contribution in [0.3, 0.4) is 0 Å². The lowest BCUT2D eigenvalue weighted by atomic mass is 10.0. The van der Waals surface area contributed by atoms with Crippen molar-refractivity contribution in [2.75, 3.05) is 13.2 Å². The molecule has 1 fully saturated rings. The van der Waals surface area contributed by atoms with Gasteiger partial charge in [0.2, 0.25) is 0 Å². The maximum atomic E-state index is 5.70. The number of hydrogen-bond donors (Lipinski definition) is 0. The Morgan fingerprint density at radius 3 is 3.00 bits per heavy atom. The minimum Gasteiger partial charge on any atom is -0.494 e. The molecule has 0 amide bonds. The van der Waals surface area contributed by atoms with Crippen LogP contribution in [0.2, 0.25) is 0 Å². The van der Waals surface area contributed by atoms with Gasteiger partial charge in [-0.25, -0.2) is 0 Å². The summed E-state index contributed by atoms with van der Waals surface area (Å²) in [5.74, 6) is 0.972. The first-order valence-corrected chi connectivity index (χ1v) is 8.59. The molecule has 1 heterocycles. The molecule has 1 aliphatic heterocycles. The zero-order chi connectivity index (χ0) is 13.7. The van der Waals surface area contributed by atoms with E-state index in [-0.39, 0.29) is 0 Å². The molecular weight excluding hydrogens is 372 g/mol. The predicted molar refractivity (Wildman–Crippen MR) is 85.2 cm³/mol. The molecule has 1 saturated heterocycles. The third-order valence-electron chi connectivity index (χ3n) is 3.38. The highest BCUT2D eigenvalue weighted by Gasteiger charge is 2.19. The van der Waals surface area contributed by atoms with Crippen LogP contribution in [0.25, 0.3) is 0 Å². The fraction of sp³-hybridized carbons (Fsp3) is 0.600. The van der Waals surface area contributed by atoms with E-state index in [1.165, 1.54) is 18.4 Å². The fourth-order valence-corrected chi connectivity index (χ4v) is 3.41. The molecule has 2 atom stereocenters. The minimum absolute atomic E-state index is 0.316. The van der Waals surface area contributed by atoms with Gasteiger partial charge in [-0.1, -0.05) is 31.9 Å². The molecule has 1 aromatic rings. The Morgan fingerprint density at radius 2 is 2.32 bits per heavy atom. The van der Waals surface area contributed by atoms with E-state index in [0.29, 0.717) is 17.5 Å². The van der Waals surface area contributed by atoms with Gasteiger partial charge in [0.15, 0.2) is 0 Å². The first-order valence-electron chi connectivity index (χ1n) is 6.88. The van der Waals surface area contributed by atoms with E-state index in [1.54, 1.807) is 0 Å². The molecule has 106 valence electrons. The summed E-state index contributed by atoms with van der Waals surface area (Å²) in [4.78, 5) is 0.316. The highest BCUT2D eigenvalue weighted by atomic mass is 79.9. The molecule has 0 aliphatic carbocycles. The normalized spacial score (nSPS) is 20.5. The first-order chi connectivity index (χ1) is 9.20. The van der Waals surface area contributed by atoms with E-state index in [0.717, 1.165) is 29.7 Å². The lowest BCUT2D eigenvalue weighted by molar-refractivity contribution is 0.102. The Kier molecular flexibility index (Phi) is 6.17. The largest absolute Gasteiger partial charge is 0.494 e. The predicted octanol–water partition coefficient (Wildman–Crippen LogP) is 5.24. The molecule has 0 aromatic heterocycles. The van der Waals surface area contributed by atoms with Crippen molar-refractivity contribution in [3.63, 3.8) is 0 Å². The second-order valence-electron chi connectivity index (χ2n) is 4.80. The first kappa shape index (κ1) is 15.3. The molecule has 2 unspecified atom stereocenters. The lowest BCUT2D eigenvalue weighted by Gasteiger charge is -2.17. The fourth-order valence-electron chi connectivity index (χ4n) is 2.41. The summed E-state index contributed by atoms with van der Waals surface area (Å²) in [6.45, 7) is 3.64. The summed E-state index contributed by atoms with van der Waals surface area (Å²) in [5, 5.41) is 0. The SMILES string of the molecule is CCOc1ccc(Br)cc1C(Br)CCC1CCCO1. The highest BCUT2D eigenvalue weighted by Crippen LogP contribution is 2.37. The molecule has 0 radical (unpaired) electrons. The van der Waals surface area contributed by atoms with Gasteiger partial charge in [0.05, 0.1) is 12.7 Å². The topological polar surface area (TPSA) is 18.5 Å². The van der Waals surface area contributed by atoms with Gasteiger partial charge in [0.1, 0.15) is 5.75 Å². The third-order valence-corrected chi connectivity index (χ3v) is 4.82. The van der Waals surface area contributed by atoms with Crippen molar-refractivity contribution in [1.29, 1.82) is 0 Å². The monoisotopic (exact) mass is 390 g/mol. The summed E-state index contributed by atoms with van der Waals surface area (Å²) in [7, 11) is 0. The van der Waals surface area contributed by atoms with Crippen LogP contribution < -0.4 is 4.74 Å². The quantitative estimate of drug-likeness (QED) is 0.617. The second-order valence-corrected chi connectivity index (χ2v) is 6.82. The Balaban J connectivity index is 1.99. The molecule has 1 aliphatic rings. The van der Waals surface area contributed by atoms with Gasteiger partial charge in [0, 0.05) is 21.5 Å². The smallest absolute Gasteiger partial charge is 0.123 e. The molecule has 0 N–H and O–H groups in total. The average molecular weight is 392 g/mol. The standard InChI is InChI=1S/C15H20Br2O2/c1-2-18-15-8-5-11(16)10-13(15)14(17)7-6-12-4-3-9-19-12/h5,8,10,12,14H,2-4,6-7,9H2,1H3. The van der Waals surface area contributed by atoms with Crippen molar-refractivity contribution in [3.8, 4) is 5.75 Å². The Labute approximate surface area is 132 Å². The van der Waals surface area contributed by atoms with Crippen LogP contribution in [0.15, 0.2) is 22.7 Å². The molecule has 0 saturated carbocycles. The maximum Gasteiger partial charge on any atom is 0.123 e. The van der Waals surface area contributed by atoms with Gasteiger partial charge in [-0.2, -0.15) is 0 Å². The number of ether oxygens (including phenoxy) is 2. The molecule has 4 heteroatoms. The van der Waals surface area contributed by atoms with Gasteiger partial charge in [-0.05, 0) is 50.8 Å². The Morgan fingerprint density at radius 1 is 1.47 bits per heavy atom. The molecule has 1 aromatic carbocycles. The average Bonchev–Trinajstić information content (AvgIpc) is 2.91. The van der Waals surface area contributed by atoms with Crippen LogP contribution in [-0.2, 0) is 4.74 Å². The van der Waals surface area contributed by atoms with Gasteiger partial charge in [-0.3, -0.25) is 0 Å². The van der Waals surface area contributed by atoms with Gasteiger partial charge < -0.3 is 9.47 Å². The van der Waals surface area contributed by atoms with Crippen LogP contribution in [0.5, 0.6) is 5.75 Å². The van der Waals surface area contributed by atoms with E-state index in [4.69, 9.17) is 9.47 Å².